The van der Waals surface area contributed by atoms with E-state index >= 15 is 0 Å². The number of oxime groups is 1. The van der Waals surface area contributed by atoms with Crippen LogP contribution in [0.4, 0.5) is 13.2 Å². The van der Waals surface area contributed by atoms with Crippen molar-refractivity contribution < 1.29 is 37.0 Å². The molecular formula is C23H23F3INO5. The first-order valence-electron chi connectivity index (χ1n) is 9.62. The summed E-state index contributed by atoms with van der Waals surface area (Å²) in [6.07, 6.45) is 1.27. The summed E-state index contributed by atoms with van der Waals surface area (Å²) in [7, 11) is 2.66. The Labute approximate surface area is 203 Å². The largest absolute Gasteiger partial charge is 0.503 e. The van der Waals surface area contributed by atoms with Crippen molar-refractivity contribution in [3.63, 3.8) is 0 Å². The number of halogens is 4. The Hall–Kier alpha value is -2.76. The second-order valence-electron chi connectivity index (χ2n) is 6.93. The molecule has 0 aliphatic carbocycles. The lowest BCUT2D eigenvalue weighted by Gasteiger charge is -2.17. The molecule has 0 bridgehead atoms. The predicted octanol–water partition coefficient (Wildman–Crippen LogP) is 5.91. The monoisotopic (exact) mass is 577 g/mol. The standard InChI is InChI=1S/C23H23F3INO5/c1-13-7-6-8-17(19(11-30-4)22(29)31-5)18(13)12-32-28-15(3)16-10-9-14(2)20(24)21(16)33-23(25,26)27/h6-11H,12H2,1-5H3/b19-11+,28-15+. The molecule has 0 saturated heterocycles. The first-order chi connectivity index (χ1) is 15.5. The molecular weight excluding hydrogens is 554 g/mol. The molecule has 0 heterocycles. The van der Waals surface area contributed by atoms with Crippen molar-refractivity contribution in [3.05, 3.63) is 70.2 Å². The lowest BCUT2D eigenvalue weighted by atomic mass is 9.97. The molecule has 0 aliphatic heterocycles. The molecule has 0 spiro atoms. The molecule has 33 heavy (non-hydrogen) atoms. The Morgan fingerprint density at radius 3 is 2.42 bits per heavy atom. The zero-order valence-corrected chi connectivity index (χ0v) is 20.8. The van der Waals surface area contributed by atoms with Crippen LogP contribution in [0.25, 0.3) is 5.57 Å². The summed E-state index contributed by atoms with van der Waals surface area (Å²) in [5.41, 5.74) is 2.44. The van der Waals surface area contributed by atoms with Gasteiger partial charge in [-0.15, -0.1) is 0 Å². The summed E-state index contributed by atoms with van der Waals surface area (Å²) in [4.78, 5) is 17.6. The smallest absolute Gasteiger partial charge is 0.451 e. The van der Waals surface area contributed by atoms with Crippen molar-refractivity contribution in [3.8, 4) is 5.75 Å². The van der Waals surface area contributed by atoms with E-state index in [9.17, 15) is 18.0 Å². The average molecular weight is 577 g/mol. The van der Waals surface area contributed by atoms with E-state index in [1.165, 1.54) is 46.5 Å². The van der Waals surface area contributed by atoms with Gasteiger partial charge in [0, 0.05) is 11.1 Å². The van der Waals surface area contributed by atoms with E-state index in [1.54, 1.807) is 12.1 Å². The predicted molar refractivity (Wildman–Crippen MR) is 126 cm³/mol. The average Bonchev–Trinajstić information content (AvgIpc) is 2.75. The van der Waals surface area contributed by atoms with E-state index in [-0.39, 0.29) is 29.0 Å². The Kier molecular flexibility index (Phi) is 9.15. The van der Waals surface area contributed by atoms with Crippen LogP contribution >= 0.6 is 22.6 Å². The highest BCUT2D eigenvalue weighted by Crippen LogP contribution is 2.34. The number of benzene rings is 2. The van der Waals surface area contributed by atoms with Crippen LogP contribution < -0.4 is 4.74 Å². The second kappa shape index (κ2) is 11.4. The third-order valence-electron chi connectivity index (χ3n) is 4.65. The van der Waals surface area contributed by atoms with Gasteiger partial charge in [-0.05, 0) is 43.5 Å². The highest BCUT2D eigenvalue weighted by Gasteiger charge is 2.30. The maximum absolute atomic E-state index is 14.5. The molecule has 2 rings (SSSR count). The summed E-state index contributed by atoms with van der Waals surface area (Å²) >= 11 is 0.767. The first kappa shape index (κ1) is 26.5. The Morgan fingerprint density at radius 2 is 1.82 bits per heavy atom. The third-order valence-corrected chi connectivity index (χ3v) is 4.87. The van der Waals surface area contributed by atoms with E-state index in [4.69, 9.17) is 14.3 Å². The number of alkyl halides is 3. The van der Waals surface area contributed by atoms with Crippen LogP contribution in [0.3, 0.4) is 0 Å². The SMILES string of the molecule is CO/C=C(/C(=O)OC)c1cccc(C)c1CO/N=C(\C)c1ccc(C)c(F)c1OC(F)(F)I. The molecule has 2 aromatic rings. The molecule has 0 saturated carbocycles. The topological polar surface area (TPSA) is 66.4 Å². The number of rotatable bonds is 9. The van der Waals surface area contributed by atoms with Gasteiger partial charge in [0.15, 0.2) is 11.6 Å². The van der Waals surface area contributed by atoms with Gasteiger partial charge in [0.1, 0.15) is 12.2 Å². The van der Waals surface area contributed by atoms with E-state index in [0.717, 1.165) is 28.2 Å². The molecule has 0 radical (unpaired) electrons. The minimum atomic E-state index is -3.61. The van der Waals surface area contributed by atoms with Crippen molar-refractivity contribution in [2.75, 3.05) is 14.2 Å². The number of carbonyl (C=O) groups excluding carboxylic acids is 1. The number of carbonyl (C=O) groups is 1. The lowest BCUT2D eigenvalue weighted by Crippen LogP contribution is -2.18. The molecule has 10 heteroatoms. The highest BCUT2D eigenvalue weighted by atomic mass is 127. The molecule has 178 valence electrons. The maximum Gasteiger partial charge on any atom is 0.451 e. The fraction of sp³-hybridized carbons (Fsp3) is 0.304. The van der Waals surface area contributed by atoms with Crippen LogP contribution in [0.15, 0.2) is 41.7 Å². The van der Waals surface area contributed by atoms with Gasteiger partial charge in [-0.3, -0.25) is 0 Å². The molecule has 0 unspecified atom stereocenters. The summed E-state index contributed by atoms with van der Waals surface area (Å²) in [5.74, 6) is -2.13. The van der Waals surface area contributed by atoms with E-state index in [2.05, 4.69) is 9.89 Å². The van der Waals surface area contributed by atoms with Crippen molar-refractivity contribution in [2.24, 2.45) is 5.16 Å². The van der Waals surface area contributed by atoms with Gasteiger partial charge in [-0.1, -0.05) is 29.4 Å². The zero-order valence-electron chi connectivity index (χ0n) is 18.7. The molecule has 0 amide bonds. The van der Waals surface area contributed by atoms with Gasteiger partial charge in [-0.2, -0.15) is 8.78 Å². The van der Waals surface area contributed by atoms with Crippen LogP contribution in [0.5, 0.6) is 5.75 Å². The minimum absolute atomic E-state index is 0.0222. The summed E-state index contributed by atoms with van der Waals surface area (Å²) < 4.78 is 52.1. The Bertz CT molecular complexity index is 1080. The van der Waals surface area contributed by atoms with Crippen LogP contribution in [0.1, 0.15) is 34.7 Å². The van der Waals surface area contributed by atoms with E-state index in [0.29, 0.717) is 11.1 Å². The van der Waals surface area contributed by atoms with Gasteiger partial charge < -0.3 is 19.0 Å². The molecule has 2 aromatic carbocycles. The number of esters is 1. The van der Waals surface area contributed by atoms with E-state index < -0.39 is 21.7 Å². The van der Waals surface area contributed by atoms with Gasteiger partial charge in [-0.25, -0.2) is 9.18 Å². The van der Waals surface area contributed by atoms with Crippen LogP contribution in [-0.4, -0.2) is 30.0 Å². The number of hydrogen-bond acceptors (Lipinski definition) is 6. The van der Waals surface area contributed by atoms with E-state index in [1.807, 2.05) is 13.0 Å². The zero-order chi connectivity index (χ0) is 24.8. The number of nitrogens with zero attached hydrogens (tertiary/aromatic N) is 1. The Balaban J connectivity index is 2.38. The van der Waals surface area contributed by atoms with Crippen molar-refractivity contribution >= 4 is 39.8 Å². The van der Waals surface area contributed by atoms with Crippen LogP contribution in [0, 0.1) is 19.7 Å². The first-order valence-corrected chi connectivity index (χ1v) is 10.7. The molecule has 0 atom stereocenters. The fourth-order valence-corrected chi connectivity index (χ4v) is 3.21. The van der Waals surface area contributed by atoms with Crippen LogP contribution in [-0.2, 0) is 25.7 Å². The normalized spacial score (nSPS) is 12.4. The molecule has 0 aromatic heterocycles. The van der Waals surface area contributed by atoms with Crippen LogP contribution in [0.2, 0.25) is 0 Å². The molecule has 0 aliphatic rings. The molecule has 6 nitrogen and oxygen atoms in total. The minimum Gasteiger partial charge on any atom is -0.503 e. The van der Waals surface area contributed by atoms with Gasteiger partial charge in [0.2, 0.25) is 0 Å². The number of methoxy groups -OCH3 is 2. The number of ether oxygens (including phenoxy) is 3. The molecule has 0 N–H and O–H groups in total. The van der Waals surface area contributed by atoms with Crippen molar-refractivity contribution in [1.82, 2.24) is 0 Å². The van der Waals surface area contributed by atoms with Gasteiger partial charge in [0.05, 0.1) is 48.8 Å². The summed E-state index contributed by atoms with van der Waals surface area (Å²) in [6.45, 7) is 4.67. The fourth-order valence-electron chi connectivity index (χ4n) is 2.99. The molecule has 0 fully saturated rings. The van der Waals surface area contributed by atoms with Gasteiger partial charge >= 0.3 is 10.1 Å². The Morgan fingerprint density at radius 1 is 1.12 bits per heavy atom. The highest BCUT2D eigenvalue weighted by molar-refractivity contribution is 14.1. The quantitative estimate of drug-likeness (QED) is 0.0706. The number of aryl methyl sites for hydroxylation is 2. The van der Waals surface area contributed by atoms with Gasteiger partial charge in [0.25, 0.3) is 0 Å². The number of hydrogen-bond donors (Lipinski definition) is 0. The third kappa shape index (κ3) is 6.86. The summed E-state index contributed by atoms with van der Waals surface area (Å²) in [6, 6.07) is 8.14. The lowest BCUT2D eigenvalue weighted by molar-refractivity contribution is -0.133. The summed E-state index contributed by atoms with van der Waals surface area (Å²) in [5, 5.41) is 3.96. The maximum atomic E-state index is 14.5. The van der Waals surface area contributed by atoms with Crippen molar-refractivity contribution in [1.29, 1.82) is 0 Å². The van der Waals surface area contributed by atoms with Crippen molar-refractivity contribution in [2.45, 2.75) is 31.5 Å². The second-order valence-corrected chi connectivity index (χ2v) is 8.19.